The molecular formula is C34H37F2N5O3. The summed E-state index contributed by atoms with van der Waals surface area (Å²) in [5, 5.41) is 8.65. The number of nitrogens with zero attached hydrogens (tertiary/aromatic N) is 5. The Morgan fingerprint density at radius 2 is 1.55 bits per heavy atom. The van der Waals surface area contributed by atoms with Gasteiger partial charge in [-0.1, -0.05) is 16.4 Å². The van der Waals surface area contributed by atoms with Crippen LogP contribution in [0.5, 0.6) is 0 Å². The summed E-state index contributed by atoms with van der Waals surface area (Å²) in [7, 11) is 0. The highest BCUT2D eigenvalue weighted by molar-refractivity contribution is 5.94. The van der Waals surface area contributed by atoms with Crippen molar-refractivity contribution in [3.63, 3.8) is 0 Å². The summed E-state index contributed by atoms with van der Waals surface area (Å²) in [5.74, 6) is 3.16. The van der Waals surface area contributed by atoms with Gasteiger partial charge in [0.1, 0.15) is 11.3 Å². The molecule has 1 amide bonds. The van der Waals surface area contributed by atoms with Crippen molar-refractivity contribution in [2.75, 3.05) is 11.4 Å². The van der Waals surface area contributed by atoms with Crippen LogP contribution in [0.2, 0.25) is 0 Å². The van der Waals surface area contributed by atoms with Crippen LogP contribution in [0.4, 0.5) is 14.5 Å². The number of alkyl halides is 2. The SMILES string of the molecule is O=C(CC12CC(F)(C1)C2)N(CC12CCC(c3noc(C45CC(F)(C4)C5)n3)(CC1)CC2)c1cccc(-c2nc(C3CC3)no2)c1. The van der Waals surface area contributed by atoms with Crippen molar-refractivity contribution in [2.45, 2.75) is 124 Å². The summed E-state index contributed by atoms with van der Waals surface area (Å²) in [6.45, 7) is 0.637. The lowest BCUT2D eigenvalue weighted by atomic mass is 9.41. The molecule has 0 spiro atoms. The minimum Gasteiger partial charge on any atom is -0.339 e. The van der Waals surface area contributed by atoms with Crippen molar-refractivity contribution in [2.24, 2.45) is 10.8 Å². The van der Waals surface area contributed by atoms with E-state index in [2.05, 4.69) is 15.3 Å². The fourth-order valence-electron chi connectivity index (χ4n) is 10.2. The molecule has 6 bridgehead atoms. The van der Waals surface area contributed by atoms with Gasteiger partial charge in [0.15, 0.2) is 11.6 Å². The van der Waals surface area contributed by atoms with Crippen molar-refractivity contribution in [3.05, 3.63) is 41.8 Å². The smallest absolute Gasteiger partial charge is 0.258 e. The molecule has 10 aliphatic carbocycles. The van der Waals surface area contributed by atoms with Crippen LogP contribution in [0, 0.1) is 10.8 Å². The molecule has 2 aromatic heterocycles. The molecule has 8 nitrogen and oxygen atoms in total. The van der Waals surface area contributed by atoms with Gasteiger partial charge < -0.3 is 13.9 Å². The number of amides is 1. The standard InChI is InChI=1S/C34H37F2N5O3/c35-33-14-30(15-33,16-33)13-24(42)41(23-3-1-2-22(12-23)26-37-25(39-43-26)21-4-5-21)20-29-6-9-31(10-7-29,11-8-29)27-38-28(44-40-27)32-17-34(36,18-32)19-32/h1-3,12,21H,4-11,13-20H2. The zero-order valence-corrected chi connectivity index (χ0v) is 24.9. The van der Waals surface area contributed by atoms with E-state index in [1.54, 1.807) is 0 Å². The molecule has 1 aromatic carbocycles. The third-order valence-electron chi connectivity index (χ3n) is 12.9. The first kappa shape index (κ1) is 26.1. The van der Waals surface area contributed by atoms with Crippen LogP contribution in [0.1, 0.15) is 120 Å². The second-order valence-corrected chi connectivity index (χ2v) is 16.3. The van der Waals surface area contributed by atoms with E-state index in [4.69, 9.17) is 14.0 Å². The van der Waals surface area contributed by atoms with Crippen molar-refractivity contribution in [3.8, 4) is 11.5 Å². The van der Waals surface area contributed by atoms with E-state index in [-0.39, 0.29) is 27.6 Å². The third-order valence-corrected chi connectivity index (χ3v) is 12.9. The van der Waals surface area contributed by atoms with Gasteiger partial charge in [-0.25, -0.2) is 8.78 Å². The number of fused-ring (bicyclic) bond motifs is 3. The van der Waals surface area contributed by atoms with Crippen LogP contribution in [-0.4, -0.2) is 44.1 Å². The van der Waals surface area contributed by atoms with Gasteiger partial charge in [0.2, 0.25) is 11.8 Å². The van der Waals surface area contributed by atoms with E-state index < -0.39 is 11.3 Å². The van der Waals surface area contributed by atoms with Crippen LogP contribution in [0.25, 0.3) is 11.5 Å². The fourth-order valence-corrected chi connectivity index (χ4v) is 10.2. The predicted molar refractivity (Wildman–Crippen MR) is 154 cm³/mol. The molecule has 2 heterocycles. The van der Waals surface area contributed by atoms with Crippen LogP contribution in [-0.2, 0) is 15.6 Å². The first-order valence-corrected chi connectivity index (χ1v) is 16.6. The summed E-state index contributed by atoms with van der Waals surface area (Å²) < 4.78 is 39.9. The first-order chi connectivity index (χ1) is 21.1. The Morgan fingerprint density at radius 1 is 0.841 bits per heavy atom. The molecule has 0 atom stereocenters. The van der Waals surface area contributed by atoms with E-state index in [0.717, 1.165) is 74.3 Å². The van der Waals surface area contributed by atoms with E-state index >= 15 is 0 Å². The normalized spacial score (nSPS) is 40.9. The lowest BCUT2D eigenvalue weighted by Gasteiger charge is -2.66. The lowest BCUT2D eigenvalue weighted by Crippen LogP contribution is -2.67. The van der Waals surface area contributed by atoms with Crippen molar-refractivity contribution >= 4 is 11.6 Å². The molecule has 10 saturated carbocycles. The van der Waals surface area contributed by atoms with Crippen LogP contribution in [0.3, 0.4) is 0 Å². The number of anilines is 1. The van der Waals surface area contributed by atoms with Gasteiger partial charge in [-0.3, -0.25) is 4.79 Å². The third kappa shape index (κ3) is 3.68. The Balaban J connectivity index is 0.902. The number of carbonyl (C=O) groups is 1. The maximum Gasteiger partial charge on any atom is 0.258 e. The Labute approximate surface area is 254 Å². The Bertz CT molecular complexity index is 1650. The molecule has 0 N–H and O–H groups in total. The van der Waals surface area contributed by atoms with Gasteiger partial charge in [-0.2, -0.15) is 9.97 Å². The van der Waals surface area contributed by atoms with Crippen LogP contribution in [0.15, 0.2) is 33.3 Å². The number of halogens is 2. The maximum absolute atomic E-state index is 14.4. The number of benzene rings is 1. The quantitative estimate of drug-likeness (QED) is 0.259. The Hall–Kier alpha value is -3.17. The highest BCUT2D eigenvalue weighted by Gasteiger charge is 2.73. The van der Waals surface area contributed by atoms with E-state index in [1.165, 1.54) is 0 Å². The fraction of sp³-hybridized carbons (Fsp3) is 0.676. The van der Waals surface area contributed by atoms with Gasteiger partial charge in [0, 0.05) is 35.5 Å². The van der Waals surface area contributed by atoms with E-state index in [0.29, 0.717) is 69.2 Å². The molecule has 10 aliphatic rings. The lowest BCUT2D eigenvalue weighted by molar-refractivity contribution is -0.215. The number of carbonyl (C=O) groups excluding carboxylic acids is 1. The first-order valence-electron chi connectivity index (χ1n) is 16.6. The Kier molecular flexibility index (Phi) is 4.83. The summed E-state index contributed by atoms with van der Waals surface area (Å²) in [6, 6.07) is 7.91. The highest BCUT2D eigenvalue weighted by Crippen LogP contribution is 2.71. The number of hydrogen-bond donors (Lipinski definition) is 0. The molecule has 13 rings (SSSR count). The zero-order chi connectivity index (χ0) is 29.6. The monoisotopic (exact) mass is 601 g/mol. The van der Waals surface area contributed by atoms with Gasteiger partial charge in [-0.15, -0.1) is 0 Å². The zero-order valence-electron chi connectivity index (χ0n) is 24.9. The van der Waals surface area contributed by atoms with E-state index in [1.807, 2.05) is 29.2 Å². The summed E-state index contributed by atoms with van der Waals surface area (Å²) in [6.07, 6.45) is 11.5. The molecule has 3 aromatic rings. The average molecular weight is 602 g/mol. The average Bonchev–Trinajstić information content (AvgIpc) is 3.47. The summed E-state index contributed by atoms with van der Waals surface area (Å²) in [4.78, 5) is 25.6. The van der Waals surface area contributed by atoms with Gasteiger partial charge >= 0.3 is 0 Å². The summed E-state index contributed by atoms with van der Waals surface area (Å²) >= 11 is 0. The molecule has 230 valence electrons. The number of aromatic nitrogens is 4. The molecule has 0 radical (unpaired) electrons. The molecule has 10 heteroatoms. The second kappa shape index (κ2) is 8.15. The topological polar surface area (TPSA) is 98.2 Å². The van der Waals surface area contributed by atoms with Crippen LogP contribution < -0.4 is 4.90 Å². The number of hydrogen-bond acceptors (Lipinski definition) is 7. The predicted octanol–water partition coefficient (Wildman–Crippen LogP) is 7.05. The largest absolute Gasteiger partial charge is 0.339 e. The Morgan fingerprint density at radius 3 is 2.20 bits per heavy atom. The molecule has 10 fully saturated rings. The molecule has 0 unspecified atom stereocenters. The second-order valence-electron chi connectivity index (χ2n) is 16.3. The molecule has 44 heavy (non-hydrogen) atoms. The number of rotatable bonds is 9. The van der Waals surface area contributed by atoms with Crippen molar-refractivity contribution < 1.29 is 22.6 Å². The maximum atomic E-state index is 14.4. The van der Waals surface area contributed by atoms with Gasteiger partial charge in [-0.05, 0) is 119 Å². The molecule has 0 saturated heterocycles. The summed E-state index contributed by atoms with van der Waals surface area (Å²) in [5.41, 5.74) is -0.873. The minimum atomic E-state index is -1.03. The van der Waals surface area contributed by atoms with Gasteiger partial charge in [0.25, 0.3) is 5.89 Å². The molecule has 0 aliphatic heterocycles. The highest BCUT2D eigenvalue weighted by atomic mass is 19.1. The van der Waals surface area contributed by atoms with Gasteiger partial charge in [0.05, 0.1) is 5.41 Å². The minimum absolute atomic E-state index is 0.00118. The van der Waals surface area contributed by atoms with Crippen molar-refractivity contribution in [1.29, 1.82) is 0 Å². The van der Waals surface area contributed by atoms with E-state index in [9.17, 15) is 13.6 Å². The molecular weight excluding hydrogens is 564 g/mol. The van der Waals surface area contributed by atoms with Crippen molar-refractivity contribution in [1.82, 2.24) is 20.3 Å². The van der Waals surface area contributed by atoms with Crippen LogP contribution >= 0.6 is 0 Å².